The van der Waals surface area contributed by atoms with Crippen LogP contribution in [0.2, 0.25) is 0 Å². The Kier molecular flexibility index (Phi) is 10.9. The third-order valence-electron chi connectivity index (χ3n) is 5.34. The van der Waals surface area contributed by atoms with Gasteiger partial charge in [-0.05, 0) is 52.9 Å². The third kappa shape index (κ3) is 9.06. The van der Waals surface area contributed by atoms with Gasteiger partial charge in [0.15, 0.2) is 0 Å². The smallest absolute Gasteiger partial charge is 0.410 e. The lowest BCUT2D eigenvalue weighted by atomic mass is 10.0. The molecule has 0 aliphatic carbocycles. The Labute approximate surface area is 197 Å². The molecule has 0 bridgehead atoms. The van der Waals surface area contributed by atoms with Crippen LogP contribution in [0, 0.1) is 5.92 Å². The molecule has 0 aromatic carbocycles. The van der Waals surface area contributed by atoms with Crippen molar-refractivity contribution < 1.29 is 28.7 Å². The molecule has 0 radical (unpaired) electrons. The molecule has 1 saturated heterocycles. The summed E-state index contributed by atoms with van der Waals surface area (Å²) in [5.74, 6) is -0.907. The summed E-state index contributed by atoms with van der Waals surface area (Å²) in [7, 11) is 1.29. The first kappa shape index (κ1) is 28.5. The van der Waals surface area contributed by atoms with E-state index in [0.29, 0.717) is 25.8 Å². The summed E-state index contributed by atoms with van der Waals surface area (Å²) in [5, 5.41) is 2.76. The Hall–Kier alpha value is -2.58. The number of carbonyl (C=O) groups is 4. The molecule has 0 saturated carbocycles. The van der Waals surface area contributed by atoms with Gasteiger partial charge in [-0.3, -0.25) is 9.59 Å². The first-order valence-electron chi connectivity index (χ1n) is 11.6. The molecule has 188 valence electrons. The molecule has 1 heterocycles. The van der Waals surface area contributed by atoms with E-state index in [0.717, 1.165) is 0 Å². The van der Waals surface area contributed by atoms with Crippen molar-refractivity contribution in [2.24, 2.45) is 5.92 Å². The standard InChI is InChI=1S/C24H41N3O6/c1-9-12-26(23(31)33-24(5,6)7)17(4)15-20(28)27-13-10-11-19(27)21(29)25-18(14-16(2)3)22(30)32-8/h9,16-19H,1,10-15H2,2-8H3,(H,25,29)/t17?,18-,19-/m0/s1. The molecule has 1 N–H and O–H groups in total. The zero-order chi connectivity index (χ0) is 25.3. The van der Waals surface area contributed by atoms with Crippen molar-refractivity contribution >= 4 is 23.9 Å². The van der Waals surface area contributed by atoms with Crippen LogP contribution in [-0.2, 0) is 23.9 Å². The minimum Gasteiger partial charge on any atom is -0.467 e. The van der Waals surface area contributed by atoms with E-state index in [4.69, 9.17) is 9.47 Å². The van der Waals surface area contributed by atoms with Gasteiger partial charge in [-0.2, -0.15) is 0 Å². The van der Waals surface area contributed by atoms with E-state index in [1.54, 1.807) is 33.8 Å². The molecule has 33 heavy (non-hydrogen) atoms. The quantitative estimate of drug-likeness (QED) is 0.391. The highest BCUT2D eigenvalue weighted by Gasteiger charge is 2.37. The van der Waals surface area contributed by atoms with Gasteiger partial charge in [-0.25, -0.2) is 9.59 Å². The molecule has 0 spiro atoms. The summed E-state index contributed by atoms with van der Waals surface area (Å²) in [5.41, 5.74) is -0.662. The van der Waals surface area contributed by atoms with Crippen molar-refractivity contribution in [3.63, 3.8) is 0 Å². The Morgan fingerprint density at radius 3 is 2.36 bits per heavy atom. The molecule has 3 amide bonds. The molecule has 9 heteroatoms. The van der Waals surface area contributed by atoms with Crippen molar-refractivity contribution in [3.05, 3.63) is 12.7 Å². The lowest BCUT2D eigenvalue weighted by Crippen LogP contribution is -2.52. The third-order valence-corrected chi connectivity index (χ3v) is 5.34. The topological polar surface area (TPSA) is 105 Å². The first-order chi connectivity index (χ1) is 15.3. The Bertz CT molecular complexity index is 715. The number of carbonyl (C=O) groups excluding carboxylic acids is 4. The van der Waals surface area contributed by atoms with Crippen molar-refractivity contribution in [1.82, 2.24) is 15.1 Å². The minimum absolute atomic E-state index is 0.0449. The average Bonchev–Trinajstić information content (AvgIpc) is 3.19. The SMILES string of the molecule is C=CCN(C(=O)OC(C)(C)C)C(C)CC(=O)N1CCC[C@H]1C(=O)N[C@@H](CC(C)C)C(=O)OC. The van der Waals surface area contributed by atoms with E-state index >= 15 is 0 Å². The van der Waals surface area contributed by atoms with Crippen LogP contribution < -0.4 is 5.32 Å². The second-order valence-corrected chi connectivity index (χ2v) is 9.93. The largest absolute Gasteiger partial charge is 0.467 e. The number of amides is 3. The van der Waals surface area contributed by atoms with Gasteiger partial charge in [0.25, 0.3) is 0 Å². The van der Waals surface area contributed by atoms with Crippen LogP contribution >= 0.6 is 0 Å². The van der Waals surface area contributed by atoms with E-state index in [-0.39, 0.29) is 30.7 Å². The lowest BCUT2D eigenvalue weighted by Gasteiger charge is -2.32. The van der Waals surface area contributed by atoms with Crippen LogP contribution in [-0.4, -0.2) is 77.6 Å². The van der Waals surface area contributed by atoms with Gasteiger partial charge in [0.2, 0.25) is 11.8 Å². The molecular weight excluding hydrogens is 426 g/mol. The van der Waals surface area contributed by atoms with Crippen LogP contribution in [0.4, 0.5) is 4.79 Å². The maximum Gasteiger partial charge on any atom is 0.410 e. The monoisotopic (exact) mass is 467 g/mol. The molecule has 1 rings (SSSR count). The summed E-state index contributed by atoms with van der Waals surface area (Å²) in [6.07, 6.45) is 2.76. The number of rotatable bonds is 10. The second-order valence-electron chi connectivity index (χ2n) is 9.93. The number of likely N-dealkylation sites (tertiary alicyclic amines) is 1. The number of hydrogen-bond acceptors (Lipinski definition) is 6. The molecule has 0 aromatic heterocycles. The lowest BCUT2D eigenvalue weighted by molar-refractivity contribution is -0.146. The maximum atomic E-state index is 13.1. The molecule has 9 nitrogen and oxygen atoms in total. The number of nitrogens with zero attached hydrogens (tertiary/aromatic N) is 2. The fourth-order valence-electron chi connectivity index (χ4n) is 3.81. The van der Waals surface area contributed by atoms with E-state index < -0.39 is 35.8 Å². The van der Waals surface area contributed by atoms with Crippen LogP contribution in [0.15, 0.2) is 12.7 Å². The zero-order valence-electron chi connectivity index (χ0n) is 21.2. The van der Waals surface area contributed by atoms with Crippen LogP contribution in [0.1, 0.15) is 67.2 Å². The normalized spacial score (nSPS) is 17.8. The van der Waals surface area contributed by atoms with E-state index in [1.807, 2.05) is 13.8 Å². The first-order valence-corrected chi connectivity index (χ1v) is 11.6. The Morgan fingerprint density at radius 2 is 1.85 bits per heavy atom. The molecule has 1 fully saturated rings. The van der Waals surface area contributed by atoms with E-state index in [2.05, 4.69) is 11.9 Å². The van der Waals surface area contributed by atoms with Crippen molar-refractivity contribution in [3.8, 4) is 0 Å². The molecule has 1 aliphatic rings. The summed E-state index contributed by atoms with van der Waals surface area (Å²) in [6.45, 7) is 15.4. The summed E-state index contributed by atoms with van der Waals surface area (Å²) >= 11 is 0. The fraction of sp³-hybridized carbons (Fsp3) is 0.750. The van der Waals surface area contributed by atoms with E-state index in [9.17, 15) is 19.2 Å². The van der Waals surface area contributed by atoms with Gasteiger partial charge in [0, 0.05) is 25.6 Å². The number of hydrogen-bond donors (Lipinski definition) is 1. The van der Waals surface area contributed by atoms with Gasteiger partial charge in [0.1, 0.15) is 17.7 Å². The second kappa shape index (κ2) is 12.6. The highest BCUT2D eigenvalue weighted by atomic mass is 16.6. The summed E-state index contributed by atoms with van der Waals surface area (Å²) < 4.78 is 10.3. The highest BCUT2D eigenvalue weighted by Crippen LogP contribution is 2.21. The number of esters is 1. The summed E-state index contributed by atoms with van der Waals surface area (Å²) in [6, 6.07) is -1.86. The average molecular weight is 468 g/mol. The highest BCUT2D eigenvalue weighted by molar-refractivity contribution is 5.91. The molecule has 1 aliphatic heterocycles. The van der Waals surface area contributed by atoms with Gasteiger partial charge >= 0.3 is 12.1 Å². The minimum atomic E-state index is -0.755. The van der Waals surface area contributed by atoms with Gasteiger partial charge in [-0.15, -0.1) is 6.58 Å². The van der Waals surface area contributed by atoms with Crippen LogP contribution in [0.25, 0.3) is 0 Å². The molecule has 1 unspecified atom stereocenters. The van der Waals surface area contributed by atoms with Gasteiger partial charge in [-0.1, -0.05) is 19.9 Å². The van der Waals surface area contributed by atoms with Crippen molar-refractivity contribution in [1.29, 1.82) is 0 Å². The fourth-order valence-corrected chi connectivity index (χ4v) is 3.81. The Morgan fingerprint density at radius 1 is 1.21 bits per heavy atom. The van der Waals surface area contributed by atoms with Gasteiger partial charge < -0.3 is 24.6 Å². The predicted molar refractivity (Wildman–Crippen MR) is 125 cm³/mol. The maximum absolute atomic E-state index is 13.1. The molecular formula is C24H41N3O6. The molecule has 3 atom stereocenters. The Balaban J connectivity index is 2.87. The summed E-state index contributed by atoms with van der Waals surface area (Å²) in [4.78, 5) is 53.7. The van der Waals surface area contributed by atoms with Crippen LogP contribution in [0.3, 0.4) is 0 Å². The van der Waals surface area contributed by atoms with E-state index in [1.165, 1.54) is 16.9 Å². The number of nitrogens with one attached hydrogen (secondary N) is 1. The zero-order valence-corrected chi connectivity index (χ0v) is 21.2. The van der Waals surface area contributed by atoms with Crippen molar-refractivity contribution in [2.45, 2.75) is 91.0 Å². The predicted octanol–water partition coefficient (Wildman–Crippen LogP) is 2.88. The molecule has 0 aromatic rings. The van der Waals surface area contributed by atoms with Gasteiger partial charge in [0.05, 0.1) is 7.11 Å². The van der Waals surface area contributed by atoms with Crippen molar-refractivity contribution in [2.75, 3.05) is 20.2 Å². The van der Waals surface area contributed by atoms with Crippen LogP contribution in [0.5, 0.6) is 0 Å². The number of methoxy groups -OCH3 is 1. The number of ether oxygens (including phenoxy) is 2.